The molecular weight excluding hydrogens is 236 g/mol. The van der Waals surface area contributed by atoms with Gasteiger partial charge in [0.25, 0.3) is 0 Å². The fourth-order valence-electron chi connectivity index (χ4n) is 3.36. The first-order chi connectivity index (χ1) is 9.20. The van der Waals surface area contributed by atoms with Crippen molar-refractivity contribution in [3.05, 3.63) is 18.0 Å². The Kier molecular flexibility index (Phi) is 4.99. The van der Waals surface area contributed by atoms with Gasteiger partial charge in [0.15, 0.2) is 0 Å². The summed E-state index contributed by atoms with van der Waals surface area (Å²) in [7, 11) is 1.98. The van der Waals surface area contributed by atoms with Crippen molar-refractivity contribution >= 4 is 0 Å². The van der Waals surface area contributed by atoms with Crippen LogP contribution in [0.5, 0.6) is 0 Å². The molecule has 4 nitrogen and oxygen atoms in total. The molecule has 0 amide bonds. The van der Waals surface area contributed by atoms with Crippen molar-refractivity contribution in [1.82, 2.24) is 14.7 Å². The molecule has 0 saturated heterocycles. The molecule has 2 N–H and O–H groups in total. The summed E-state index contributed by atoms with van der Waals surface area (Å²) < 4.78 is 1.88. The van der Waals surface area contributed by atoms with E-state index >= 15 is 0 Å². The number of rotatable bonds is 6. The number of nitrogens with zero attached hydrogens (tertiary/aromatic N) is 3. The van der Waals surface area contributed by atoms with E-state index in [2.05, 4.69) is 23.0 Å². The molecule has 0 aromatic carbocycles. The Bertz CT molecular complexity index is 379. The van der Waals surface area contributed by atoms with Crippen molar-refractivity contribution < 1.29 is 0 Å². The Hall–Kier alpha value is -0.870. The molecule has 0 unspecified atom stereocenters. The molecule has 19 heavy (non-hydrogen) atoms. The molecule has 1 heterocycles. The molecule has 1 saturated carbocycles. The molecule has 1 fully saturated rings. The number of hydrogen-bond donors (Lipinski definition) is 1. The Morgan fingerprint density at radius 3 is 2.63 bits per heavy atom. The van der Waals surface area contributed by atoms with Crippen molar-refractivity contribution in [3.63, 3.8) is 0 Å². The minimum atomic E-state index is 0.214. The molecule has 1 aromatic heterocycles. The van der Waals surface area contributed by atoms with Gasteiger partial charge < -0.3 is 5.73 Å². The van der Waals surface area contributed by atoms with E-state index in [1.807, 2.05) is 17.9 Å². The summed E-state index contributed by atoms with van der Waals surface area (Å²) >= 11 is 0. The molecule has 1 aliphatic carbocycles. The van der Waals surface area contributed by atoms with E-state index in [4.69, 9.17) is 5.73 Å². The van der Waals surface area contributed by atoms with Crippen molar-refractivity contribution in [2.75, 3.05) is 13.1 Å². The van der Waals surface area contributed by atoms with E-state index in [-0.39, 0.29) is 5.54 Å². The predicted molar refractivity (Wildman–Crippen MR) is 78.8 cm³/mol. The van der Waals surface area contributed by atoms with Gasteiger partial charge in [0, 0.05) is 31.9 Å². The predicted octanol–water partition coefficient (Wildman–Crippen LogP) is 2.29. The highest BCUT2D eigenvalue weighted by atomic mass is 15.3. The first-order valence-corrected chi connectivity index (χ1v) is 7.64. The number of hydrogen-bond acceptors (Lipinski definition) is 3. The highest BCUT2D eigenvalue weighted by Crippen LogP contribution is 2.34. The van der Waals surface area contributed by atoms with E-state index in [1.54, 1.807) is 0 Å². The Labute approximate surface area is 117 Å². The largest absolute Gasteiger partial charge is 0.329 e. The van der Waals surface area contributed by atoms with Gasteiger partial charge >= 0.3 is 0 Å². The molecule has 0 atom stereocenters. The summed E-state index contributed by atoms with van der Waals surface area (Å²) in [5.41, 5.74) is 7.54. The Balaban J connectivity index is 2.12. The lowest BCUT2D eigenvalue weighted by atomic mass is 9.80. The second-order valence-electron chi connectivity index (χ2n) is 5.89. The van der Waals surface area contributed by atoms with E-state index in [1.165, 1.54) is 38.5 Å². The average molecular weight is 264 g/mol. The number of nitrogens with two attached hydrogens (primary N) is 1. The minimum absolute atomic E-state index is 0.214. The maximum atomic E-state index is 6.16. The van der Waals surface area contributed by atoms with Crippen LogP contribution in [-0.2, 0) is 13.6 Å². The van der Waals surface area contributed by atoms with Crippen LogP contribution >= 0.6 is 0 Å². The first-order valence-electron chi connectivity index (χ1n) is 7.64. The van der Waals surface area contributed by atoms with Gasteiger partial charge in [-0.1, -0.05) is 26.2 Å². The minimum Gasteiger partial charge on any atom is -0.329 e. The summed E-state index contributed by atoms with van der Waals surface area (Å²) in [6.07, 6.45) is 9.70. The molecule has 0 spiro atoms. The molecule has 0 aliphatic heterocycles. The van der Waals surface area contributed by atoms with Gasteiger partial charge in [-0.05, 0) is 31.9 Å². The summed E-state index contributed by atoms with van der Waals surface area (Å²) in [6.45, 7) is 5.08. The van der Waals surface area contributed by atoms with Gasteiger partial charge in [-0.25, -0.2) is 0 Å². The Morgan fingerprint density at radius 1 is 1.37 bits per heavy atom. The van der Waals surface area contributed by atoms with Crippen LogP contribution in [0, 0.1) is 0 Å². The third-order valence-corrected chi connectivity index (χ3v) is 4.45. The van der Waals surface area contributed by atoms with Gasteiger partial charge in [-0.3, -0.25) is 9.58 Å². The third kappa shape index (κ3) is 3.37. The van der Waals surface area contributed by atoms with Gasteiger partial charge in [0.2, 0.25) is 0 Å². The monoisotopic (exact) mass is 264 g/mol. The summed E-state index contributed by atoms with van der Waals surface area (Å²) in [4.78, 5) is 2.59. The van der Waals surface area contributed by atoms with Crippen LogP contribution < -0.4 is 5.73 Å². The van der Waals surface area contributed by atoms with Crippen molar-refractivity contribution in [2.24, 2.45) is 12.8 Å². The molecule has 2 rings (SSSR count). The zero-order valence-electron chi connectivity index (χ0n) is 12.4. The molecule has 1 aromatic rings. The van der Waals surface area contributed by atoms with E-state index in [0.717, 1.165) is 25.3 Å². The molecule has 0 radical (unpaired) electrons. The fraction of sp³-hybridized carbons (Fsp3) is 0.800. The lowest BCUT2D eigenvalue weighted by molar-refractivity contribution is 0.0483. The van der Waals surface area contributed by atoms with Gasteiger partial charge in [-0.2, -0.15) is 5.10 Å². The van der Waals surface area contributed by atoms with Crippen LogP contribution in [0.15, 0.2) is 12.3 Å². The van der Waals surface area contributed by atoms with Gasteiger partial charge in [-0.15, -0.1) is 0 Å². The van der Waals surface area contributed by atoms with Crippen LogP contribution in [0.4, 0.5) is 0 Å². The Morgan fingerprint density at radius 2 is 2.11 bits per heavy atom. The lowest BCUT2D eigenvalue weighted by Gasteiger charge is -2.46. The third-order valence-electron chi connectivity index (χ3n) is 4.45. The molecular formula is C15H28N4. The summed E-state index contributed by atoms with van der Waals surface area (Å²) in [6, 6.07) is 2.12. The van der Waals surface area contributed by atoms with Crippen LogP contribution in [0.1, 0.15) is 51.1 Å². The zero-order chi connectivity index (χ0) is 13.7. The topological polar surface area (TPSA) is 47.1 Å². The summed E-state index contributed by atoms with van der Waals surface area (Å²) in [5.74, 6) is 0. The zero-order valence-corrected chi connectivity index (χ0v) is 12.4. The van der Waals surface area contributed by atoms with Crippen LogP contribution in [0.25, 0.3) is 0 Å². The van der Waals surface area contributed by atoms with Crippen molar-refractivity contribution in [1.29, 1.82) is 0 Å². The second kappa shape index (κ2) is 6.53. The molecule has 0 bridgehead atoms. The maximum absolute atomic E-state index is 6.16. The maximum Gasteiger partial charge on any atom is 0.0764 e. The number of aromatic nitrogens is 2. The number of aryl methyl sites for hydroxylation is 1. The van der Waals surface area contributed by atoms with E-state index in [9.17, 15) is 0 Å². The van der Waals surface area contributed by atoms with Crippen LogP contribution in [0.2, 0.25) is 0 Å². The standard InChI is InChI=1S/C15H28N4/c1-3-10-19(12-14-7-11-18(2)17-14)15(13-16)8-5-4-6-9-15/h7,11H,3-6,8-10,12-13,16H2,1-2H3. The van der Waals surface area contributed by atoms with Gasteiger partial charge in [0.05, 0.1) is 5.69 Å². The van der Waals surface area contributed by atoms with Crippen LogP contribution in [-0.4, -0.2) is 33.3 Å². The molecule has 1 aliphatic rings. The smallest absolute Gasteiger partial charge is 0.0764 e. The lowest BCUT2D eigenvalue weighted by Crippen LogP contribution is -2.54. The SMILES string of the molecule is CCCN(Cc1ccn(C)n1)C1(CN)CCCCC1. The van der Waals surface area contributed by atoms with Crippen LogP contribution in [0.3, 0.4) is 0 Å². The molecule has 4 heteroatoms. The fourth-order valence-corrected chi connectivity index (χ4v) is 3.36. The van der Waals surface area contributed by atoms with E-state index in [0.29, 0.717) is 0 Å². The highest BCUT2D eigenvalue weighted by Gasteiger charge is 2.36. The normalized spacial score (nSPS) is 18.9. The second-order valence-corrected chi connectivity index (χ2v) is 5.89. The first kappa shape index (κ1) is 14.5. The molecule has 108 valence electrons. The van der Waals surface area contributed by atoms with Crippen molar-refractivity contribution in [3.8, 4) is 0 Å². The highest BCUT2D eigenvalue weighted by molar-refractivity contribution is 5.02. The van der Waals surface area contributed by atoms with E-state index < -0.39 is 0 Å². The quantitative estimate of drug-likeness (QED) is 0.857. The van der Waals surface area contributed by atoms with Crippen molar-refractivity contribution in [2.45, 2.75) is 57.5 Å². The average Bonchev–Trinajstić information content (AvgIpc) is 2.84. The summed E-state index contributed by atoms with van der Waals surface area (Å²) in [5, 5.41) is 4.53. The van der Waals surface area contributed by atoms with Gasteiger partial charge in [0.1, 0.15) is 0 Å².